The van der Waals surface area contributed by atoms with Gasteiger partial charge in [0.25, 0.3) is 0 Å². The smallest absolute Gasteiger partial charge is 0.102 e. The molecule has 1 rings (SSSR count). The maximum absolute atomic E-state index is 5.99. The van der Waals surface area contributed by atoms with Crippen LogP contribution in [0, 0.1) is 5.92 Å². The minimum atomic E-state index is -1.35. The predicted octanol–water partition coefficient (Wildman–Crippen LogP) is 2.16. The highest BCUT2D eigenvalue weighted by atomic mass is 28.3. The fraction of sp³-hybridized carbons (Fsp3) is 1.00. The van der Waals surface area contributed by atoms with E-state index in [4.69, 9.17) is 9.47 Å². The van der Waals surface area contributed by atoms with Crippen LogP contribution in [0.25, 0.3) is 0 Å². The van der Waals surface area contributed by atoms with Crippen LogP contribution in [0.3, 0.4) is 0 Å². The lowest BCUT2D eigenvalue weighted by Gasteiger charge is -2.35. The Morgan fingerprint density at radius 3 is 2.47 bits per heavy atom. The van der Waals surface area contributed by atoms with Crippen LogP contribution in [-0.2, 0) is 9.47 Å². The summed E-state index contributed by atoms with van der Waals surface area (Å²) < 4.78 is 11.2. The Labute approximate surface area is 107 Å². The van der Waals surface area contributed by atoms with Crippen LogP contribution in [0.2, 0.25) is 13.1 Å². The van der Waals surface area contributed by atoms with Crippen LogP contribution < -0.4 is 0 Å². The van der Waals surface area contributed by atoms with Crippen LogP contribution in [0.15, 0.2) is 0 Å². The molecule has 1 fully saturated rings. The SMILES string of the molecule is CCO[C@@H]1CN(CCOC)[C@@H](C(C)C)[Si]1(C)C. The van der Waals surface area contributed by atoms with E-state index < -0.39 is 8.07 Å². The average molecular weight is 259 g/mol. The molecular weight excluding hydrogens is 230 g/mol. The fourth-order valence-corrected chi connectivity index (χ4v) is 7.99. The summed E-state index contributed by atoms with van der Waals surface area (Å²) in [5.41, 5.74) is 1.20. The summed E-state index contributed by atoms with van der Waals surface area (Å²) >= 11 is 0. The van der Waals surface area contributed by atoms with Gasteiger partial charge in [0, 0.05) is 32.5 Å². The largest absolute Gasteiger partial charge is 0.383 e. The van der Waals surface area contributed by atoms with E-state index in [9.17, 15) is 0 Å². The molecule has 17 heavy (non-hydrogen) atoms. The van der Waals surface area contributed by atoms with E-state index >= 15 is 0 Å². The van der Waals surface area contributed by atoms with Gasteiger partial charge in [-0.15, -0.1) is 0 Å². The van der Waals surface area contributed by atoms with Crippen molar-refractivity contribution in [3.8, 4) is 0 Å². The zero-order chi connectivity index (χ0) is 13.1. The highest BCUT2D eigenvalue weighted by molar-refractivity contribution is 6.81. The minimum absolute atomic E-state index is 0.483. The molecule has 3 nitrogen and oxygen atoms in total. The van der Waals surface area contributed by atoms with E-state index in [0.29, 0.717) is 17.3 Å². The Bertz CT molecular complexity index is 233. The van der Waals surface area contributed by atoms with Crippen LogP contribution in [0.5, 0.6) is 0 Å². The van der Waals surface area contributed by atoms with Crippen LogP contribution in [-0.4, -0.2) is 57.8 Å². The molecule has 1 saturated heterocycles. The standard InChI is InChI=1S/C13H29NO2Si/c1-7-16-12-10-14(8-9-15-4)13(11(2)3)17(12,5)6/h11-13H,7-10H2,1-6H3/t12-,13+/m0/s1. The second-order valence-electron chi connectivity index (χ2n) is 5.94. The molecule has 0 aliphatic carbocycles. The summed E-state index contributed by atoms with van der Waals surface area (Å²) in [4.78, 5) is 2.60. The normalized spacial score (nSPS) is 29.1. The molecule has 1 heterocycles. The molecule has 2 atom stereocenters. The van der Waals surface area contributed by atoms with Crippen LogP contribution in [0.4, 0.5) is 0 Å². The number of hydrogen-bond donors (Lipinski definition) is 0. The third-order valence-electron chi connectivity index (χ3n) is 3.97. The van der Waals surface area contributed by atoms with Gasteiger partial charge >= 0.3 is 0 Å². The molecule has 0 radical (unpaired) electrons. The molecule has 0 aromatic carbocycles. The van der Waals surface area contributed by atoms with Gasteiger partial charge in [-0.3, -0.25) is 4.90 Å². The van der Waals surface area contributed by atoms with Gasteiger partial charge in [0.1, 0.15) is 8.07 Å². The van der Waals surface area contributed by atoms with Gasteiger partial charge in [0.2, 0.25) is 0 Å². The highest BCUT2D eigenvalue weighted by Gasteiger charge is 2.50. The van der Waals surface area contributed by atoms with E-state index in [2.05, 4.69) is 38.8 Å². The average Bonchev–Trinajstić information content (AvgIpc) is 2.48. The first-order chi connectivity index (χ1) is 7.95. The van der Waals surface area contributed by atoms with E-state index in [0.717, 1.165) is 26.3 Å². The second kappa shape index (κ2) is 6.32. The molecule has 0 N–H and O–H groups in total. The van der Waals surface area contributed by atoms with Gasteiger partial charge in [0.05, 0.1) is 12.3 Å². The summed E-state index contributed by atoms with van der Waals surface area (Å²) in [5, 5.41) is 0. The number of ether oxygens (including phenoxy) is 2. The first-order valence-corrected chi connectivity index (χ1v) is 9.95. The lowest BCUT2D eigenvalue weighted by Crippen LogP contribution is -2.53. The summed E-state index contributed by atoms with van der Waals surface area (Å²) in [6.07, 6.45) is 0. The topological polar surface area (TPSA) is 21.7 Å². The molecule has 0 unspecified atom stereocenters. The molecule has 0 amide bonds. The molecule has 0 aromatic rings. The molecule has 1 aliphatic rings. The third-order valence-corrected chi connectivity index (χ3v) is 8.53. The first-order valence-electron chi connectivity index (χ1n) is 6.79. The van der Waals surface area contributed by atoms with Gasteiger partial charge in [-0.25, -0.2) is 0 Å². The maximum Gasteiger partial charge on any atom is 0.102 e. The van der Waals surface area contributed by atoms with E-state index in [1.54, 1.807) is 7.11 Å². The molecule has 0 spiro atoms. The van der Waals surface area contributed by atoms with Gasteiger partial charge in [-0.2, -0.15) is 0 Å². The summed E-state index contributed by atoms with van der Waals surface area (Å²) in [6, 6.07) is 0. The molecule has 1 aliphatic heterocycles. The quantitative estimate of drug-likeness (QED) is 0.682. The number of nitrogens with zero attached hydrogens (tertiary/aromatic N) is 1. The van der Waals surface area contributed by atoms with Crippen molar-refractivity contribution in [2.75, 3.05) is 33.4 Å². The Hall–Kier alpha value is 0.0969. The summed E-state index contributed by atoms with van der Waals surface area (Å²) in [7, 11) is 0.433. The van der Waals surface area contributed by atoms with Gasteiger partial charge < -0.3 is 9.47 Å². The van der Waals surface area contributed by atoms with Crippen LogP contribution >= 0.6 is 0 Å². The predicted molar refractivity (Wildman–Crippen MR) is 75.0 cm³/mol. The van der Waals surface area contributed by atoms with Crippen molar-refractivity contribution >= 4 is 8.07 Å². The van der Waals surface area contributed by atoms with Crippen molar-refractivity contribution in [2.24, 2.45) is 5.92 Å². The van der Waals surface area contributed by atoms with E-state index in [-0.39, 0.29) is 0 Å². The summed E-state index contributed by atoms with van der Waals surface area (Å²) in [6.45, 7) is 15.5. The maximum atomic E-state index is 5.99. The zero-order valence-electron chi connectivity index (χ0n) is 12.3. The highest BCUT2D eigenvalue weighted by Crippen LogP contribution is 2.33. The lowest BCUT2D eigenvalue weighted by molar-refractivity contribution is 0.0819. The molecular formula is C13H29NO2Si. The molecule has 4 heteroatoms. The van der Waals surface area contributed by atoms with Gasteiger partial charge in [-0.05, 0) is 12.8 Å². The minimum Gasteiger partial charge on any atom is -0.383 e. The van der Waals surface area contributed by atoms with Crippen LogP contribution in [0.1, 0.15) is 20.8 Å². The van der Waals surface area contributed by atoms with Crippen molar-refractivity contribution in [1.29, 1.82) is 0 Å². The van der Waals surface area contributed by atoms with Crippen molar-refractivity contribution in [3.05, 3.63) is 0 Å². The Morgan fingerprint density at radius 1 is 1.35 bits per heavy atom. The first kappa shape index (κ1) is 15.2. The molecule has 102 valence electrons. The third kappa shape index (κ3) is 3.31. The lowest BCUT2D eigenvalue weighted by atomic mass is 10.2. The van der Waals surface area contributed by atoms with Gasteiger partial charge in [-0.1, -0.05) is 26.9 Å². The van der Waals surface area contributed by atoms with Crippen molar-refractivity contribution in [2.45, 2.75) is 45.3 Å². The monoisotopic (exact) mass is 259 g/mol. The number of methoxy groups -OCH3 is 1. The molecule has 0 bridgehead atoms. The molecule has 0 aromatic heterocycles. The number of rotatable bonds is 6. The van der Waals surface area contributed by atoms with Crippen molar-refractivity contribution in [3.63, 3.8) is 0 Å². The van der Waals surface area contributed by atoms with Crippen molar-refractivity contribution in [1.82, 2.24) is 4.90 Å². The zero-order valence-corrected chi connectivity index (χ0v) is 13.3. The Morgan fingerprint density at radius 2 is 2.00 bits per heavy atom. The summed E-state index contributed by atoms with van der Waals surface area (Å²) in [5.74, 6) is 0.707. The second-order valence-corrected chi connectivity index (χ2v) is 10.8. The van der Waals surface area contributed by atoms with E-state index in [1.807, 2.05) is 0 Å². The van der Waals surface area contributed by atoms with Gasteiger partial charge in [0.15, 0.2) is 0 Å². The Balaban J connectivity index is 2.77. The number of hydrogen-bond acceptors (Lipinski definition) is 3. The van der Waals surface area contributed by atoms with E-state index in [1.165, 1.54) is 0 Å². The Kier molecular flexibility index (Phi) is 5.63. The molecule has 0 saturated carbocycles. The van der Waals surface area contributed by atoms with Crippen molar-refractivity contribution < 1.29 is 9.47 Å². The fourth-order valence-electron chi connectivity index (χ4n) is 3.41.